The fourth-order valence-corrected chi connectivity index (χ4v) is 4.58. The molecule has 8 nitrogen and oxygen atoms in total. The van der Waals surface area contributed by atoms with Gasteiger partial charge in [-0.05, 0) is 50.3 Å². The maximum absolute atomic E-state index is 13.7. The maximum Gasteiger partial charge on any atom is 0.218 e. The van der Waals surface area contributed by atoms with Gasteiger partial charge in [0.05, 0.1) is 42.6 Å². The molecule has 1 aliphatic rings. The van der Waals surface area contributed by atoms with E-state index in [4.69, 9.17) is 21.1 Å². The van der Waals surface area contributed by atoms with Crippen LogP contribution in [0.4, 0.5) is 0 Å². The Morgan fingerprint density at radius 3 is 2.97 bits per heavy atom. The van der Waals surface area contributed by atoms with E-state index in [2.05, 4.69) is 24.6 Å². The smallest absolute Gasteiger partial charge is 0.218 e. The molecule has 34 heavy (non-hydrogen) atoms. The molecule has 0 spiro atoms. The normalized spacial score (nSPS) is 15.4. The van der Waals surface area contributed by atoms with Gasteiger partial charge in [-0.1, -0.05) is 11.6 Å². The third kappa shape index (κ3) is 4.15. The van der Waals surface area contributed by atoms with E-state index in [-0.39, 0.29) is 11.7 Å². The van der Waals surface area contributed by atoms with E-state index in [9.17, 15) is 4.79 Å². The highest BCUT2D eigenvalue weighted by molar-refractivity contribution is 6.30. The summed E-state index contributed by atoms with van der Waals surface area (Å²) in [5.41, 5.74) is 4.06. The number of H-pyrrole nitrogens is 1. The Morgan fingerprint density at radius 2 is 2.18 bits per heavy atom. The summed E-state index contributed by atoms with van der Waals surface area (Å²) in [6.07, 6.45) is 6.00. The van der Waals surface area contributed by atoms with Crippen molar-refractivity contribution in [3.63, 3.8) is 0 Å². The van der Waals surface area contributed by atoms with Crippen molar-refractivity contribution in [3.8, 4) is 22.9 Å². The summed E-state index contributed by atoms with van der Waals surface area (Å²) < 4.78 is 13.4. The number of Topliss-reactive ketones (excluding diaryl/α,β-unsaturated/α-hetero) is 1. The number of aromatic amines is 1. The minimum Gasteiger partial charge on any atom is -0.493 e. The van der Waals surface area contributed by atoms with Crippen LogP contribution in [0.2, 0.25) is 5.02 Å². The number of methoxy groups -OCH3 is 1. The van der Waals surface area contributed by atoms with E-state index in [0.29, 0.717) is 29.5 Å². The van der Waals surface area contributed by atoms with Crippen molar-refractivity contribution in [2.45, 2.75) is 13.0 Å². The van der Waals surface area contributed by atoms with Gasteiger partial charge >= 0.3 is 0 Å². The first-order chi connectivity index (χ1) is 16.4. The van der Waals surface area contributed by atoms with E-state index in [1.807, 2.05) is 38.5 Å². The summed E-state index contributed by atoms with van der Waals surface area (Å²) in [5, 5.41) is 8.37. The predicted octanol–water partition coefficient (Wildman–Crippen LogP) is 4.08. The van der Waals surface area contributed by atoms with E-state index in [1.165, 1.54) is 0 Å². The second-order valence-corrected chi connectivity index (χ2v) is 9.21. The predicted molar refractivity (Wildman–Crippen MR) is 131 cm³/mol. The number of rotatable bonds is 7. The second kappa shape index (κ2) is 9.12. The molecule has 1 aromatic carbocycles. The molecule has 1 unspecified atom stereocenters. The number of benzene rings is 1. The number of carbonyl (C=O) groups excluding carboxylic acids is 1. The molecular weight excluding hydrogens is 454 g/mol. The summed E-state index contributed by atoms with van der Waals surface area (Å²) in [7, 11) is 5.65. The maximum atomic E-state index is 13.7. The number of ether oxygens (including phenoxy) is 2. The van der Waals surface area contributed by atoms with Gasteiger partial charge in [0.25, 0.3) is 0 Å². The number of hydrogen-bond acceptors (Lipinski definition) is 6. The Bertz CT molecular complexity index is 1360. The fraction of sp³-hybridized carbons (Fsp3) is 0.320. The zero-order valence-corrected chi connectivity index (χ0v) is 20.1. The van der Waals surface area contributed by atoms with Crippen LogP contribution in [0, 0.1) is 5.92 Å². The molecule has 0 radical (unpaired) electrons. The van der Waals surface area contributed by atoms with Crippen LogP contribution >= 0.6 is 11.6 Å². The number of fused-ring (bicyclic) bond motifs is 2. The van der Waals surface area contributed by atoms with Gasteiger partial charge in [-0.15, -0.1) is 0 Å². The lowest BCUT2D eigenvalue weighted by Gasteiger charge is -2.24. The first kappa shape index (κ1) is 22.4. The standard InChI is InChI=1S/C25H26ClN5O3/c1-30(2)6-7-31-13-20(24(32)16-8-15-9-17(26)4-5-23(15)34-14-16)18-11-27-21(10-22(18)31)19-12-28-29-25(19)33-3/h4-5,9-13,16H,6-8,14H2,1-3H3,(H,28,29). The summed E-state index contributed by atoms with van der Waals surface area (Å²) in [6.45, 7) is 1.92. The van der Waals surface area contributed by atoms with Gasteiger partial charge in [0.15, 0.2) is 5.78 Å². The third-order valence-electron chi connectivity index (χ3n) is 6.20. The minimum absolute atomic E-state index is 0.0506. The van der Waals surface area contributed by atoms with Crippen molar-refractivity contribution in [2.24, 2.45) is 5.92 Å². The summed E-state index contributed by atoms with van der Waals surface area (Å²) in [5.74, 6) is 1.11. The van der Waals surface area contributed by atoms with Gasteiger partial charge < -0.3 is 18.9 Å². The Kier molecular flexibility index (Phi) is 6.02. The number of hydrogen-bond donors (Lipinski definition) is 1. The number of pyridine rings is 1. The number of aromatic nitrogens is 4. The molecule has 4 aromatic rings. The van der Waals surface area contributed by atoms with Crippen molar-refractivity contribution >= 4 is 28.3 Å². The van der Waals surface area contributed by atoms with E-state index < -0.39 is 0 Å². The van der Waals surface area contributed by atoms with Gasteiger partial charge in [-0.3, -0.25) is 9.78 Å². The van der Waals surface area contributed by atoms with Crippen molar-refractivity contribution in [1.82, 2.24) is 24.6 Å². The van der Waals surface area contributed by atoms with E-state index in [1.54, 1.807) is 25.6 Å². The molecular formula is C25H26ClN5O3. The molecule has 1 atom stereocenters. The molecule has 0 saturated carbocycles. The number of carbonyl (C=O) groups is 1. The Balaban J connectivity index is 1.53. The van der Waals surface area contributed by atoms with Gasteiger partial charge in [-0.2, -0.15) is 5.10 Å². The Morgan fingerprint density at radius 1 is 1.32 bits per heavy atom. The zero-order valence-electron chi connectivity index (χ0n) is 19.3. The highest BCUT2D eigenvalue weighted by Gasteiger charge is 2.29. The number of nitrogens with zero attached hydrogens (tertiary/aromatic N) is 4. The molecule has 0 aliphatic carbocycles. The molecule has 4 heterocycles. The fourth-order valence-electron chi connectivity index (χ4n) is 4.38. The second-order valence-electron chi connectivity index (χ2n) is 8.77. The molecule has 5 rings (SSSR count). The molecule has 0 bridgehead atoms. The Labute approximate surface area is 202 Å². The number of ketones is 1. The monoisotopic (exact) mass is 479 g/mol. The quantitative estimate of drug-likeness (QED) is 0.402. The molecule has 0 fully saturated rings. The largest absolute Gasteiger partial charge is 0.493 e. The van der Waals surface area contributed by atoms with Gasteiger partial charge in [0.1, 0.15) is 5.75 Å². The average Bonchev–Trinajstić information content (AvgIpc) is 3.46. The number of likely N-dealkylation sites (N-methyl/N-ethyl adjacent to an activating group) is 1. The first-order valence-corrected chi connectivity index (χ1v) is 11.5. The molecule has 3 aromatic heterocycles. The van der Waals surface area contributed by atoms with Crippen molar-refractivity contribution < 1.29 is 14.3 Å². The molecule has 1 N–H and O–H groups in total. The van der Waals surface area contributed by atoms with Crippen LogP contribution in [-0.4, -0.2) is 64.8 Å². The molecule has 0 amide bonds. The lowest BCUT2D eigenvalue weighted by Crippen LogP contribution is -2.28. The average molecular weight is 480 g/mol. The molecule has 1 aliphatic heterocycles. The van der Waals surface area contributed by atoms with Crippen molar-refractivity contribution in [2.75, 3.05) is 34.4 Å². The zero-order chi connectivity index (χ0) is 23.8. The van der Waals surface area contributed by atoms with Gasteiger partial charge in [0, 0.05) is 41.5 Å². The Hall–Kier alpha value is -3.36. The van der Waals surface area contributed by atoms with Gasteiger partial charge in [-0.25, -0.2) is 5.10 Å². The first-order valence-electron chi connectivity index (χ1n) is 11.1. The van der Waals surface area contributed by atoms with E-state index >= 15 is 0 Å². The van der Waals surface area contributed by atoms with Crippen LogP contribution in [0.3, 0.4) is 0 Å². The van der Waals surface area contributed by atoms with Crippen LogP contribution in [-0.2, 0) is 13.0 Å². The SMILES string of the molecule is COc1[nH]ncc1-c1cc2c(cn1)c(C(=O)C1COc3ccc(Cl)cc3C1)cn2CCN(C)C. The van der Waals surface area contributed by atoms with Crippen LogP contribution in [0.1, 0.15) is 15.9 Å². The summed E-state index contributed by atoms with van der Waals surface area (Å²) in [4.78, 5) is 20.4. The van der Waals surface area contributed by atoms with Crippen molar-refractivity contribution in [3.05, 3.63) is 59.0 Å². The van der Waals surface area contributed by atoms with Gasteiger partial charge in [0.2, 0.25) is 5.88 Å². The van der Waals surface area contributed by atoms with Crippen molar-refractivity contribution in [1.29, 1.82) is 0 Å². The molecule has 9 heteroatoms. The minimum atomic E-state index is -0.285. The summed E-state index contributed by atoms with van der Waals surface area (Å²) in [6, 6.07) is 7.53. The highest BCUT2D eigenvalue weighted by Crippen LogP contribution is 2.34. The number of halogens is 1. The van der Waals surface area contributed by atoms with Crippen LogP contribution < -0.4 is 9.47 Å². The lowest BCUT2D eigenvalue weighted by atomic mass is 9.90. The summed E-state index contributed by atoms with van der Waals surface area (Å²) >= 11 is 6.17. The molecule has 0 saturated heterocycles. The molecule has 176 valence electrons. The van der Waals surface area contributed by atoms with E-state index in [0.717, 1.165) is 46.6 Å². The lowest BCUT2D eigenvalue weighted by molar-refractivity contribution is 0.0856. The van der Waals surface area contributed by atoms with Crippen LogP contribution in [0.15, 0.2) is 42.9 Å². The van der Waals surface area contributed by atoms with Crippen LogP contribution in [0.5, 0.6) is 11.6 Å². The highest BCUT2D eigenvalue weighted by atomic mass is 35.5. The van der Waals surface area contributed by atoms with Crippen LogP contribution in [0.25, 0.3) is 22.2 Å². The number of nitrogens with one attached hydrogen (secondary N) is 1. The topological polar surface area (TPSA) is 85.3 Å². The third-order valence-corrected chi connectivity index (χ3v) is 6.44.